The molecular formula is C14H21N3O8. The van der Waals surface area contributed by atoms with Gasteiger partial charge >= 0.3 is 11.7 Å². The highest BCUT2D eigenvalue weighted by atomic mass is 16.7. The van der Waals surface area contributed by atoms with E-state index in [2.05, 4.69) is 10.5 Å². The van der Waals surface area contributed by atoms with Gasteiger partial charge in [0.15, 0.2) is 17.6 Å². The summed E-state index contributed by atoms with van der Waals surface area (Å²) in [6.45, 7) is 2.50. The molecule has 0 unspecified atom stereocenters. The summed E-state index contributed by atoms with van der Waals surface area (Å²) in [5.41, 5.74) is 0.238. The Morgan fingerprint density at radius 1 is 1.44 bits per heavy atom. The molecule has 2 heterocycles. The number of hydrogen-bond acceptors (Lipinski definition) is 10. The van der Waals surface area contributed by atoms with Crippen LogP contribution in [0.4, 0.5) is 5.82 Å². The van der Waals surface area contributed by atoms with Gasteiger partial charge in [-0.3, -0.25) is 4.57 Å². The van der Waals surface area contributed by atoms with Crippen LogP contribution in [0.3, 0.4) is 0 Å². The Bertz CT molecular complexity index is 676. The number of anilines is 1. The first kappa shape index (κ1) is 19.3. The molecule has 4 N–H and O–H groups in total. The van der Waals surface area contributed by atoms with E-state index in [9.17, 15) is 19.8 Å². The van der Waals surface area contributed by atoms with Crippen molar-refractivity contribution in [2.45, 2.75) is 44.0 Å². The van der Waals surface area contributed by atoms with Crippen LogP contribution in [0, 0.1) is 0 Å². The molecule has 1 saturated heterocycles. The number of rotatable bonds is 6. The molecule has 0 radical (unpaired) electrons. The quantitative estimate of drug-likeness (QED) is 0.426. The Labute approximate surface area is 142 Å². The van der Waals surface area contributed by atoms with E-state index in [1.165, 1.54) is 33.2 Å². The SMILES string of the molecule is COC(C)(C)C(=O)ONc1ccn([C@@H]2O[C@H](CO)[C@@H](O)[C@H]2O)c(=O)n1. The summed E-state index contributed by atoms with van der Waals surface area (Å²) in [4.78, 5) is 32.3. The van der Waals surface area contributed by atoms with E-state index in [1.807, 2.05) is 0 Å². The summed E-state index contributed by atoms with van der Waals surface area (Å²) >= 11 is 0. The van der Waals surface area contributed by atoms with Crippen molar-refractivity contribution in [3.63, 3.8) is 0 Å². The molecule has 1 aliphatic heterocycles. The molecule has 1 aromatic rings. The molecule has 140 valence electrons. The largest absolute Gasteiger partial charge is 0.394 e. The normalized spacial score (nSPS) is 26.5. The number of hydrogen-bond donors (Lipinski definition) is 4. The fraction of sp³-hybridized carbons (Fsp3) is 0.643. The van der Waals surface area contributed by atoms with E-state index < -0.39 is 48.4 Å². The number of aliphatic hydroxyl groups is 3. The van der Waals surface area contributed by atoms with Crippen LogP contribution in [0.15, 0.2) is 17.1 Å². The van der Waals surface area contributed by atoms with Crippen molar-refractivity contribution in [3.8, 4) is 0 Å². The van der Waals surface area contributed by atoms with Crippen molar-refractivity contribution in [3.05, 3.63) is 22.7 Å². The Balaban J connectivity index is 2.09. The minimum atomic E-state index is -1.41. The second kappa shape index (κ2) is 7.45. The zero-order chi connectivity index (χ0) is 18.8. The maximum atomic E-state index is 12.1. The van der Waals surface area contributed by atoms with Crippen LogP contribution >= 0.6 is 0 Å². The summed E-state index contributed by atoms with van der Waals surface area (Å²) in [6, 6.07) is 1.31. The number of carbonyl (C=O) groups is 1. The maximum absolute atomic E-state index is 12.1. The van der Waals surface area contributed by atoms with Gasteiger partial charge in [-0.2, -0.15) is 4.98 Å². The molecule has 11 nitrogen and oxygen atoms in total. The van der Waals surface area contributed by atoms with Crippen molar-refractivity contribution in [2.75, 3.05) is 19.2 Å². The fourth-order valence-corrected chi connectivity index (χ4v) is 2.08. The summed E-state index contributed by atoms with van der Waals surface area (Å²) < 4.78 is 11.2. The molecule has 1 aliphatic rings. The lowest BCUT2D eigenvalue weighted by Crippen LogP contribution is -2.37. The lowest BCUT2D eigenvalue weighted by atomic mass is 10.1. The molecule has 0 spiro atoms. The van der Waals surface area contributed by atoms with Gasteiger partial charge in [-0.25, -0.2) is 15.1 Å². The third-order valence-electron chi connectivity index (χ3n) is 3.87. The molecule has 4 atom stereocenters. The highest BCUT2D eigenvalue weighted by Gasteiger charge is 2.43. The molecule has 1 aromatic heterocycles. The molecule has 0 aliphatic carbocycles. The first-order chi connectivity index (χ1) is 11.7. The Morgan fingerprint density at radius 3 is 2.64 bits per heavy atom. The molecule has 0 amide bonds. The van der Waals surface area contributed by atoms with Gasteiger partial charge in [-0.1, -0.05) is 0 Å². The third kappa shape index (κ3) is 3.96. The highest BCUT2D eigenvalue weighted by Crippen LogP contribution is 2.28. The van der Waals surface area contributed by atoms with Crippen molar-refractivity contribution in [2.24, 2.45) is 0 Å². The smallest absolute Gasteiger partial charge is 0.363 e. The van der Waals surface area contributed by atoms with Crippen molar-refractivity contribution >= 4 is 11.8 Å². The van der Waals surface area contributed by atoms with Gasteiger partial charge in [0, 0.05) is 19.4 Å². The zero-order valence-corrected chi connectivity index (χ0v) is 13.9. The van der Waals surface area contributed by atoms with Crippen LogP contribution in [-0.4, -0.2) is 68.5 Å². The van der Waals surface area contributed by atoms with Crippen LogP contribution in [0.5, 0.6) is 0 Å². The second-order valence-electron chi connectivity index (χ2n) is 5.94. The van der Waals surface area contributed by atoms with E-state index in [0.717, 1.165) is 4.57 Å². The lowest BCUT2D eigenvalue weighted by Gasteiger charge is -2.20. The van der Waals surface area contributed by atoms with Gasteiger partial charge in [-0.15, -0.1) is 0 Å². The molecule has 11 heteroatoms. The van der Waals surface area contributed by atoms with Gasteiger partial charge in [-0.05, 0) is 13.8 Å². The zero-order valence-electron chi connectivity index (χ0n) is 13.9. The van der Waals surface area contributed by atoms with Crippen LogP contribution in [-0.2, 0) is 19.1 Å². The molecule has 0 saturated carbocycles. The Morgan fingerprint density at radius 2 is 2.12 bits per heavy atom. The first-order valence-corrected chi connectivity index (χ1v) is 7.45. The summed E-state index contributed by atoms with van der Waals surface area (Å²) in [6.07, 6.45) is -3.71. The average molecular weight is 359 g/mol. The minimum Gasteiger partial charge on any atom is -0.394 e. The summed E-state index contributed by atoms with van der Waals surface area (Å²) in [5.74, 6) is -0.766. The van der Waals surface area contributed by atoms with Gasteiger partial charge in [0.2, 0.25) is 0 Å². The van der Waals surface area contributed by atoms with E-state index in [4.69, 9.17) is 19.4 Å². The van der Waals surface area contributed by atoms with E-state index in [0.29, 0.717) is 0 Å². The maximum Gasteiger partial charge on any atom is 0.363 e. The molecule has 0 aromatic carbocycles. The van der Waals surface area contributed by atoms with E-state index >= 15 is 0 Å². The fourth-order valence-electron chi connectivity index (χ4n) is 2.08. The summed E-state index contributed by atoms with van der Waals surface area (Å²) in [7, 11) is 1.35. The Hall–Kier alpha value is -2.05. The number of ether oxygens (including phenoxy) is 2. The average Bonchev–Trinajstić information content (AvgIpc) is 2.87. The van der Waals surface area contributed by atoms with Crippen molar-refractivity contribution < 1.29 is 34.4 Å². The standard InChI is InChI=1S/C14H21N3O8/c1-14(2,23-3)12(21)25-16-8-4-5-17(13(22)15-8)11-10(20)9(19)7(6-18)24-11/h4-5,7,9-11,18-20H,6H2,1-3H3,(H,15,16,22)/t7-,9-,10-,11-/m1/s1. The van der Waals surface area contributed by atoms with Gasteiger partial charge < -0.3 is 29.6 Å². The monoisotopic (exact) mass is 359 g/mol. The molecule has 1 fully saturated rings. The predicted octanol–water partition coefficient (Wildman–Crippen LogP) is -1.85. The van der Waals surface area contributed by atoms with Crippen LogP contribution in [0.25, 0.3) is 0 Å². The third-order valence-corrected chi connectivity index (χ3v) is 3.87. The number of aliphatic hydroxyl groups excluding tert-OH is 3. The highest BCUT2D eigenvalue weighted by molar-refractivity contribution is 5.79. The number of methoxy groups -OCH3 is 1. The van der Waals surface area contributed by atoms with E-state index in [-0.39, 0.29) is 5.82 Å². The van der Waals surface area contributed by atoms with Gasteiger partial charge in [0.1, 0.15) is 18.3 Å². The van der Waals surface area contributed by atoms with Crippen LogP contribution < -0.4 is 11.2 Å². The predicted molar refractivity (Wildman–Crippen MR) is 82.3 cm³/mol. The van der Waals surface area contributed by atoms with Crippen molar-refractivity contribution in [1.29, 1.82) is 0 Å². The van der Waals surface area contributed by atoms with Crippen LogP contribution in [0.2, 0.25) is 0 Å². The number of aromatic nitrogens is 2. The molecule has 2 rings (SSSR count). The molecule has 25 heavy (non-hydrogen) atoms. The number of nitrogens with zero attached hydrogens (tertiary/aromatic N) is 2. The van der Waals surface area contributed by atoms with Crippen molar-refractivity contribution in [1.82, 2.24) is 9.55 Å². The van der Waals surface area contributed by atoms with Gasteiger partial charge in [0.05, 0.1) is 6.61 Å². The van der Waals surface area contributed by atoms with E-state index in [1.54, 1.807) is 0 Å². The topological polar surface area (TPSA) is 152 Å². The lowest BCUT2D eigenvalue weighted by molar-refractivity contribution is -0.161. The summed E-state index contributed by atoms with van der Waals surface area (Å²) in [5, 5.41) is 28.7. The van der Waals surface area contributed by atoms with Gasteiger partial charge in [0.25, 0.3) is 0 Å². The molecule has 0 bridgehead atoms. The number of carbonyl (C=O) groups excluding carboxylic acids is 1. The minimum absolute atomic E-state index is 0.0479. The number of nitrogens with one attached hydrogen (secondary N) is 1. The second-order valence-corrected chi connectivity index (χ2v) is 5.94. The van der Waals surface area contributed by atoms with Crippen LogP contribution in [0.1, 0.15) is 20.1 Å². The molecular weight excluding hydrogens is 338 g/mol. The Kier molecular flexibility index (Phi) is 5.75. The first-order valence-electron chi connectivity index (χ1n) is 7.45.